The molecule has 126 valence electrons. The van der Waals surface area contributed by atoms with Gasteiger partial charge in [-0.25, -0.2) is 4.79 Å². The number of hydrogen-bond acceptors (Lipinski definition) is 1. The first kappa shape index (κ1) is 16.8. The molecule has 1 atom stereocenters. The van der Waals surface area contributed by atoms with Crippen LogP contribution in [0.4, 0.5) is 10.5 Å². The summed E-state index contributed by atoms with van der Waals surface area (Å²) >= 11 is 3.52. The number of carbonyl (C=O) groups excluding carboxylic acids is 1. The predicted octanol–water partition coefficient (Wildman–Crippen LogP) is 5.64. The lowest BCUT2D eigenvalue weighted by molar-refractivity contribution is 0.166. The van der Waals surface area contributed by atoms with Crippen molar-refractivity contribution in [3.8, 4) is 0 Å². The van der Waals surface area contributed by atoms with Crippen molar-refractivity contribution in [2.45, 2.75) is 64.8 Å². The number of benzene rings is 1. The van der Waals surface area contributed by atoms with Crippen LogP contribution in [0.5, 0.6) is 0 Å². The number of rotatable bonds is 2. The molecule has 1 heterocycles. The standard InChI is InChI=1S/C19H27BrN2O/c1-13-11-16(20)12-14(2)18(13)21-19(23)22-10-6-9-17(22)15-7-4-3-5-8-15/h11-12,15,17H,3-10H2,1-2H3,(H,21,23). The Balaban J connectivity index is 1.72. The largest absolute Gasteiger partial charge is 0.322 e. The molecule has 1 N–H and O–H groups in total. The zero-order valence-electron chi connectivity index (χ0n) is 14.2. The van der Waals surface area contributed by atoms with Gasteiger partial charge in [-0.05, 0) is 68.7 Å². The Morgan fingerprint density at radius 2 is 1.74 bits per heavy atom. The molecule has 1 aromatic carbocycles. The van der Waals surface area contributed by atoms with Crippen molar-refractivity contribution in [1.82, 2.24) is 4.90 Å². The van der Waals surface area contributed by atoms with Crippen LogP contribution in [0.15, 0.2) is 16.6 Å². The summed E-state index contributed by atoms with van der Waals surface area (Å²) in [7, 11) is 0. The third-order valence-corrected chi connectivity index (χ3v) is 5.94. The van der Waals surface area contributed by atoms with E-state index in [9.17, 15) is 4.79 Å². The van der Waals surface area contributed by atoms with E-state index in [1.54, 1.807) is 0 Å². The Hall–Kier alpha value is -1.03. The molecule has 4 heteroatoms. The second-order valence-corrected chi connectivity index (χ2v) is 8.06. The van der Waals surface area contributed by atoms with Crippen molar-refractivity contribution in [2.24, 2.45) is 5.92 Å². The van der Waals surface area contributed by atoms with E-state index >= 15 is 0 Å². The minimum atomic E-state index is 0.0894. The average Bonchev–Trinajstić information content (AvgIpc) is 3.01. The quantitative estimate of drug-likeness (QED) is 0.708. The second-order valence-electron chi connectivity index (χ2n) is 7.15. The van der Waals surface area contributed by atoms with Gasteiger partial charge in [0.1, 0.15) is 0 Å². The molecule has 3 rings (SSSR count). The molecule has 1 aromatic rings. The van der Waals surface area contributed by atoms with E-state index in [4.69, 9.17) is 0 Å². The molecule has 2 fully saturated rings. The average molecular weight is 379 g/mol. The van der Waals surface area contributed by atoms with E-state index in [0.29, 0.717) is 12.0 Å². The first-order chi connectivity index (χ1) is 11.1. The Kier molecular flexibility index (Phi) is 5.30. The van der Waals surface area contributed by atoms with Gasteiger partial charge in [0.15, 0.2) is 0 Å². The number of carbonyl (C=O) groups is 1. The summed E-state index contributed by atoms with van der Waals surface area (Å²) in [6.07, 6.45) is 8.95. The number of urea groups is 1. The van der Waals surface area contributed by atoms with Crippen LogP contribution in [0.3, 0.4) is 0 Å². The number of aryl methyl sites for hydroxylation is 2. The molecule has 3 nitrogen and oxygen atoms in total. The monoisotopic (exact) mass is 378 g/mol. The molecule has 1 aliphatic carbocycles. The molecule has 1 saturated carbocycles. The molecule has 0 aromatic heterocycles. The van der Waals surface area contributed by atoms with Gasteiger partial charge in [0, 0.05) is 22.7 Å². The Morgan fingerprint density at radius 1 is 1.09 bits per heavy atom. The van der Waals surface area contributed by atoms with Gasteiger partial charge in [0.2, 0.25) is 0 Å². The van der Waals surface area contributed by atoms with E-state index in [1.165, 1.54) is 38.5 Å². The Bertz CT molecular complexity index is 558. The van der Waals surface area contributed by atoms with Crippen LogP contribution >= 0.6 is 15.9 Å². The summed E-state index contributed by atoms with van der Waals surface area (Å²) in [5.74, 6) is 0.712. The molecule has 23 heavy (non-hydrogen) atoms. The minimum Gasteiger partial charge on any atom is -0.321 e. The normalized spacial score (nSPS) is 22.4. The summed E-state index contributed by atoms with van der Waals surface area (Å²) in [6.45, 7) is 5.01. The zero-order valence-corrected chi connectivity index (χ0v) is 15.8. The maximum absolute atomic E-state index is 12.9. The summed E-state index contributed by atoms with van der Waals surface area (Å²) in [5.41, 5.74) is 3.18. The van der Waals surface area contributed by atoms with Crippen LogP contribution in [0.2, 0.25) is 0 Å². The van der Waals surface area contributed by atoms with E-state index < -0.39 is 0 Å². The number of nitrogens with one attached hydrogen (secondary N) is 1. The smallest absolute Gasteiger partial charge is 0.321 e. The van der Waals surface area contributed by atoms with Crippen molar-refractivity contribution in [2.75, 3.05) is 11.9 Å². The predicted molar refractivity (Wildman–Crippen MR) is 98.9 cm³/mol. The zero-order chi connectivity index (χ0) is 16.4. The number of amides is 2. The molecular formula is C19H27BrN2O. The summed E-state index contributed by atoms with van der Waals surface area (Å²) < 4.78 is 1.06. The van der Waals surface area contributed by atoms with Crippen molar-refractivity contribution >= 4 is 27.6 Å². The summed E-state index contributed by atoms with van der Waals surface area (Å²) in [4.78, 5) is 15.0. The van der Waals surface area contributed by atoms with Gasteiger partial charge in [0.05, 0.1) is 0 Å². The molecule has 2 amide bonds. The van der Waals surface area contributed by atoms with Gasteiger partial charge < -0.3 is 10.2 Å². The van der Waals surface area contributed by atoms with Gasteiger partial charge in [0.25, 0.3) is 0 Å². The fourth-order valence-corrected chi connectivity index (χ4v) is 5.03. The highest BCUT2D eigenvalue weighted by molar-refractivity contribution is 9.10. The lowest BCUT2D eigenvalue weighted by Crippen LogP contribution is -2.43. The third-order valence-electron chi connectivity index (χ3n) is 5.48. The number of anilines is 1. The van der Waals surface area contributed by atoms with Crippen molar-refractivity contribution in [1.29, 1.82) is 0 Å². The lowest BCUT2D eigenvalue weighted by atomic mass is 9.83. The van der Waals surface area contributed by atoms with E-state index in [0.717, 1.165) is 34.3 Å². The van der Waals surface area contributed by atoms with Crippen LogP contribution in [0, 0.1) is 19.8 Å². The van der Waals surface area contributed by atoms with Crippen LogP contribution < -0.4 is 5.32 Å². The van der Waals surface area contributed by atoms with Crippen LogP contribution in [-0.4, -0.2) is 23.5 Å². The van der Waals surface area contributed by atoms with Crippen LogP contribution in [0.25, 0.3) is 0 Å². The van der Waals surface area contributed by atoms with Gasteiger partial charge in [-0.2, -0.15) is 0 Å². The van der Waals surface area contributed by atoms with E-state index in [1.807, 2.05) is 0 Å². The molecule has 2 aliphatic rings. The number of hydrogen-bond donors (Lipinski definition) is 1. The van der Waals surface area contributed by atoms with Crippen LogP contribution in [0.1, 0.15) is 56.1 Å². The summed E-state index contributed by atoms with van der Waals surface area (Å²) in [5, 5.41) is 3.18. The maximum atomic E-state index is 12.9. The van der Waals surface area contributed by atoms with Crippen molar-refractivity contribution < 1.29 is 4.79 Å². The Morgan fingerprint density at radius 3 is 2.39 bits per heavy atom. The van der Waals surface area contributed by atoms with E-state index in [-0.39, 0.29) is 6.03 Å². The first-order valence-electron chi connectivity index (χ1n) is 8.90. The van der Waals surface area contributed by atoms with Crippen molar-refractivity contribution in [3.63, 3.8) is 0 Å². The Labute approximate surface area is 148 Å². The molecule has 0 bridgehead atoms. The maximum Gasteiger partial charge on any atom is 0.322 e. The number of nitrogens with zero attached hydrogens (tertiary/aromatic N) is 1. The van der Waals surface area contributed by atoms with E-state index in [2.05, 4.69) is 52.1 Å². The SMILES string of the molecule is Cc1cc(Br)cc(C)c1NC(=O)N1CCCC1C1CCCCC1. The molecule has 1 unspecified atom stereocenters. The minimum absolute atomic E-state index is 0.0894. The number of likely N-dealkylation sites (tertiary alicyclic amines) is 1. The van der Waals surface area contributed by atoms with Gasteiger partial charge in [-0.15, -0.1) is 0 Å². The molecule has 1 saturated heterocycles. The molecule has 0 radical (unpaired) electrons. The van der Waals surface area contributed by atoms with Crippen molar-refractivity contribution in [3.05, 3.63) is 27.7 Å². The van der Waals surface area contributed by atoms with Gasteiger partial charge in [-0.1, -0.05) is 35.2 Å². The third kappa shape index (κ3) is 3.73. The molecular weight excluding hydrogens is 352 g/mol. The summed E-state index contributed by atoms with van der Waals surface area (Å²) in [6, 6.07) is 4.66. The highest BCUT2D eigenvalue weighted by Crippen LogP contribution is 2.35. The first-order valence-corrected chi connectivity index (χ1v) is 9.70. The lowest BCUT2D eigenvalue weighted by Gasteiger charge is -2.34. The van der Waals surface area contributed by atoms with Gasteiger partial charge in [-0.3, -0.25) is 0 Å². The van der Waals surface area contributed by atoms with Gasteiger partial charge >= 0.3 is 6.03 Å². The number of halogens is 1. The van der Waals surface area contributed by atoms with Crippen LogP contribution in [-0.2, 0) is 0 Å². The molecule has 1 aliphatic heterocycles. The highest BCUT2D eigenvalue weighted by atomic mass is 79.9. The fraction of sp³-hybridized carbons (Fsp3) is 0.632. The fourth-order valence-electron chi connectivity index (χ4n) is 4.34. The second kappa shape index (κ2) is 7.25. The topological polar surface area (TPSA) is 32.3 Å². The molecule has 0 spiro atoms. The highest BCUT2D eigenvalue weighted by Gasteiger charge is 2.35.